The normalized spacial score (nSPS) is 11.8. The summed E-state index contributed by atoms with van der Waals surface area (Å²) in [5.41, 5.74) is 2.78. The molecule has 2 rings (SSSR count). The molecule has 2 aromatic rings. The summed E-state index contributed by atoms with van der Waals surface area (Å²) < 4.78 is 0. The number of allylic oxidation sites excluding steroid dienone is 1. The summed E-state index contributed by atoms with van der Waals surface area (Å²) >= 11 is 0. The highest BCUT2D eigenvalue weighted by Crippen LogP contribution is 2.25. The van der Waals surface area contributed by atoms with Crippen molar-refractivity contribution in [2.24, 2.45) is 0 Å². The van der Waals surface area contributed by atoms with Gasteiger partial charge in [-0.3, -0.25) is 0 Å². The Kier molecular flexibility index (Phi) is 3.58. The molecule has 2 heteroatoms. The number of carboxylic acid groups (broad SMARTS) is 1. The van der Waals surface area contributed by atoms with E-state index in [2.05, 4.69) is 0 Å². The van der Waals surface area contributed by atoms with Gasteiger partial charge in [0.2, 0.25) is 0 Å². The van der Waals surface area contributed by atoms with Crippen molar-refractivity contribution < 1.29 is 9.90 Å². The third-order valence-corrected chi connectivity index (χ3v) is 2.86. The van der Waals surface area contributed by atoms with Crippen molar-refractivity contribution in [2.45, 2.75) is 6.92 Å². The molecule has 0 atom stereocenters. The maximum atomic E-state index is 11.5. The van der Waals surface area contributed by atoms with Gasteiger partial charge in [0.05, 0.1) is 5.57 Å². The standard InChI is InChI=1S/C16H14O2/c1-12(13-8-4-2-5-9-13)15(16(17)18)14-10-6-3-7-11-14/h2-11H,1H3,(H,17,18)/b15-12-. The molecule has 2 aromatic carbocycles. The molecule has 0 spiro atoms. The summed E-state index contributed by atoms with van der Waals surface area (Å²) in [5, 5.41) is 9.40. The first kappa shape index (κ1) is 12.1. The second-order valence-electron chi connectivity index (χ2n) is 4.04. The summed E-state index contributed by atoms with van der Waals surface area (Å²) in [4.78, 5) is 11.5. The topological polar surface area (TPSA) is 37.3 Å². The molecule has 0 aliphatic heterocycles. The molecule has 0 amide bonds. The zero-order valence-corrected chi connectivity index (χ0v) is 10.1. The summed E-state index contributed by atoms with van der Waals surface area (Å²) in [6.07, 6.45) is 0. The van der Waals surface area contributed by atoms with E-state index in [1.54, 1.807) is 0 Å². The highest BCUT2D eigenvalue weighted by molar-refractivity contribution is 6.23. The Balaban J connectivity index is 2.58. The van der Waals surface area contributed by atoms with E-state index in [0.717, 1.165) is 16.7 Å². The van der Waals surface area contributed by atoms with E-state index in [4.69, 9.17) is 0 Å². The van der Waals surface area contributed by atoms with Crippen LogP contribution in [-0.2, 0) is 4.79 Å². The van der Waals surface area contributed by atoms with Crippen LogP contribution in [0.2, 0.25) is 0 Å². The van der Waals surface area contributed by atoms with E-state index in [1.807, 2.05) is 67.6 Å². The fourth-order valence-electron chi connectivity index (χ4n) is 1.94. The van der Waals surface area contributed by atoms with Gasteiger partial charge >= 0.3 is 5.97 Å². The lowest BCUT2D eigenvalue weighted by Crippen LogP contribution is -2.02. The van der Waals surface area contributed by atoms with Gasteiger partial charge in [0.15, 0.2) is 0 Å². The van der Waals surface area contributed by atoms with E-state index >= 15 is 0 Å². The lowest BCUT2D eigenvalue weighted by atomic mass is 9.96. The zero-order valence-electron chi connectivity index (χ0n) is 10.1. The van der Waals surface area contributed by atoms with E-state index in [-0.39, 0.29) is 0 Å². The molecule has 0 aliphatic carbocycles. The Morgan fingerprint density at radius 2 is 1.28 bits per heavy atom. The van der Waals surface area contributed by atoms with E-state index < -0.39 is 5.97 Å². The lowest BCUT2D eigenvalue weighted by Gasteiger charge is -2.09. The molecule has 0 heterocycles. The molecule has 90 valence electrons. The predicted octanol–water partition coefficient (Wildman–Crippen LogP) is 3.70. The Morgan fingerprint density at radius 3 is 1.72 bits per heavy atom. The average molecular weight is 238 g/mol. The summed E-state index contributed by atoms with van der Waals surface area (Å²) in [6, 6.07) is 18.8. The van der Waals surface area contributed by atoms with Gasteiger partial charge in [-0.1, -0.05) is 60.7 Å². The molecule has 0 radical (unpaired) electrons. The largest absolute Gasteiger partial charge is 0.478 e. The van der Waals surface area contributed by atoms with Crippen LogP contribution in [0, 0.1) is 0 Å². The summed E-state index contributed by atoms with van der Waals surface area (Å²) in [5.74, 6) is -0.900. The highest BCUT2D eigenvalue weighted by Gasteiger charge is 2.14. The van der Waals surface area contributed by atoms with Gasteiger partial charge < -0.3 is 5.11 Å². The Labute approximate surface area is 106 Å². The van der Waals surface area contributed by atoms with Gasteiger partial charge in [0.1, 0.15) is 0 Å². The van der Waals surface area contributed by atoms with Crippen LogP contribution in [0.5, 0.6) is 0 Å². The molecule has 0 saturated carbocycles. The van der Waals surface area contributed by atoms with Gasteiger partial charge in [0, 0.05) is 0 Å². The Bertz CT molecular complexity index is 569. The minimum Gasteiger partial charge on any atom is -0.478 e. The van der Waals surface area contributed by atoms with Crippen LogP contribution in [0.4, 0.5) is 0 Å². The lowest BCUT2D eigenvalue weighted by molar-refractivity contribution is -0.130. The van der Waals surface area contributed by atoms with Crippen LogP contribution in [0.25, 0.3) is 11.1 Å². The number of carbonyl (C=O) groups is 1. The average Bonchev–Trinajstić information content (AvgIpc) is 2.40. The highest BCUT2D eigenvalue weighted by atomic mass is 16.4. The van der Waals surface area contributed by atoms with Gasteiger partial charge in [-0.25, -0.2) is 4.79 Å². The first-order valence-corrected chi connectivity index (χ1v) is 5.75. The first-order valence-electron chi connectivity index (χ1n) is 5.75. The SMILES string of the molecule is C/C(=C(/C(=O)O)c1ccccc1)c1ccccc1. The second-order valence-corrected chi connectivity index (χ2v) is 4.04. The second kappa shape index (κ2) is 5.32. The number of hydrogen-bond donors (Lipinski definition) is 1. The van der Waals surface area contributed by atoms with Gasteiger partial charge in [-0.15, -0.1) is 0 Å². The fourth-order valence-corrected chi connectivity index (χ4v) is 1.94. The number of aliphatic carboxylic acids is 1. The molecular formula is C16H14O2. The molecule has 0 saturated heterocycles. The van der Waals surface area contributed by atoms with Crippen molar-refractivity contribution in [3.63, 3.8) is 0 Å². The third-order valence-electron chi connectivity index (χ3n) is 2.86. The summed E-state index contributed by atoms with van der Waals surface area (Å²) in [7, 11) is 0. The van der Waals surface area contributed by atoms with Crippen molar-refractivity contribution in [3.05, 3.63) is 71.8 Å². The molecule has 0 aliphatic rings. The zero-order chi connectivity index (χ0) is 13.0. The number of rotatable bonds is 3. The van der Waals surface area contributed by atoms with Crippen LogP contribution in [0.15, 0.2) is 60.7 Å². The fraction of sp³-hybridized carbons (Fsp3) is 0.0625. The molecular weight excluding hydrogens is 224 g/mol. The molecule has 0 aromatic heterocycles. The quantitative estimate of drug-likeness (QED) is 0.654. The van der Waals surface area contributed by atoms with Crippen LogP contribution in [-0.4, -0.2) is 11.1 Å². The number of carboxylic acids is 1. The van der Waals surface area contributed by atoms with Crippen molar-refractivity contribution in [1.82, 2.24) is 0 Å². The minimum atomic E-state index is -0.900. The van der Waals surface area contributed by atoms with Crippen molar-refractivity contribution in [1.29, 1.82) is 0 Å². The smallest absolute Gasteiger partial charge is 0.336 e. The Hall–Kier alpha value is -2.35. The van der Waals surface area contributed by atoms with E-state index in [0.29, 0.717) is 5.57 Å². The molecule has 18 heavy (non-hydrogen) atoms. The van der Waals surface area contributed by atoms with Crippen LogP contribution in [0.3, 0.4) is 0 Å². The van der Waals surface area contributed by atoms with Crippen molar-refractivity contribution in [3.8, 4) is 0 Å². The van der Waals surface area contributed by atoms with Crippen LogP contribution < -0.4 is 0 Å². The maximum absolute atomic E-state index is 11.5. The van der Waals surface area contributed by atoms with Crippen LogP contribution in [0.1, 0.15) is 18.1 Å². The predicted molar refractivity (Wildman–Crippen MR) is 73.0 cm³/mol. The monoisotopic (exact) mass is 238 g/mol. The van der Waals surface area contributed by atoms with Gasteiger partial charge in [0.25, 0.3) is 0 Å². The third kappa shape index (κ3) is 2.48. The first-order chi connectivity index (χ1) is 8.70. The molecule has 1 N–H and O–H groups in total. The molecule has 0 fully saturated rings. The summed E-state index contributed by atoms with van der Waals surface area (Å²) in [6.45, 7) is 1.84. The van der Waals surface area contributed by atoms with Crippen molar-refractivity contribution in [2.75, 3.05) is 0 Å². The molecule has 2 nitrogen and oxygen atoms in total. The minimum absolute atomic E-state index is 0.349. The van der Waals surface area contributed by atoms with Gasteiger partial charge in [-0.2, -0.15) is 0 Å². The van der Waals surface area contributed by atoms with Gasteiger partial charge in [-0.05, 0) is 23.6 Å². The molecule has 0 unspecified atom stereocenters. The van der Waals surface area contributed by atoms with Crippen molar-refractivity contribution >= 4 is 17.1 Å². The number of benzene rings is 2. The maximum Gasteiger partial charge on any atom is 0.336 e. The molecule has 0 bridgehead atoms. The van der Waals surface area contributed by atoms with E-state index in [1.165, 1.54) is 0 Å². The van der Waals surface area contributed by atoms with E-state index in [9.17, 15) is 9.90 Å². The number of hydrogen-bond acceptors (Lipinski definition) is 1. The van der Waals surface area contributed by atoms with Crippen LogP contribution >= 0.6 is 0 Å². The Morgan fingerprint density at radius 1 is 0.833 bits per heavy atom.